The van der Waals surface area contributed by atoms with Gasteiger partial charge in [-0.3, -0.25) is 9.36 Å². The first kappa shape index (κ1) is 17.3. The predicted octanol–water partition coefficient (Wildman–Crippen LogP) is 4.02. The molecular weight excluding hydrogens is 336 g/mol. The summed E-state index contributed by atoms with van der Waals surface area (Å²) in [5.41, 5.74) is 1.42. The molecule has 3 rings (SSSR count). The second-order valence-electron chi connectivity index (χ2n) is 6.53. The molecule has 0 saturated carbocycles. The Morgan fingerprint density at radius 3 is 2.60 bits per heavy atom. The van der Waals surface area contributed by atoms with E-state index in [0.717, 1.165) is 17.1 Å². The molecule has 2 heterocycles. The molecule has 0 radical (unpaired) electrons. The van der Waals surface area contributed by atoms with Gasteiger partial charge in [-0.15, -0.1) is 10.2 Å². The Bertz CT molecular complexity index is 836. The van der Waals surface area contributed by atoms with Crippen molar-refractivity contribution in [1.82, 2.24) is 14.8 Å². The molecule has 1 amide bonds. The lowest BCUT2D eigenvalue weighted by Gasteiger charge is -2.24. The molecule has 130 valence electrons. The van der Waals surface area contributed by atoms with E-state index in [4.69, 9.17) is 4.42 Å². The molecule has 0 unspecified atom stereocenters. The highest BCUT2D eigenvalue weighted by Crippen LogP contribution is 2.30. The molecule has 2 aromatic heterocycles. The molecular formula is C18H20N4O2S. The summed E-state index contributed by atoms with van der Waals surface area (Å²) in [4.78, 5) is 12.2. The van der Waals surface area contributed by atoms with Crippen LogP contribution in [0.2, 0.25) is 0 Å². The van der Waals surface area contributed by atoms with Crippen LogP contribution in [0.5, 0.6) is 0 Å². The molecule has 6 nitrogen and oxygen atoms in total. The Hall–Kier alpha value is -2.54. The number of hydrogen-bond donors (Lipinski definition) is 1. The summed E-state index contributed by atoms with van der Waals surface area (Å²) in [6, 6.07) is 11.2. The van der Waals surface area contributed by atoms with E-state index in [1.54, 1.807) is 12.5 Å². The summed E-state index contributed by atoms with van der Waals surface area (Å²) in [6.07, 6.45) is 3.25. The van der Waals surface area contributed by atoms with Gasteiger partial charge in [0.25, 0.3) is 0 Å². The number of anilines is 1. The lowest BCUT2D eigenvalue weighted by molar-refractivity contribution is -0.113. The van der Waals surface area contributed by atoms with Gasteiger partial charge in [-0.1, -0.05) is 30.0 Å². The topological polar surface area (TPSA) is 73.0 Å². The number of carbonyl (C=O) groups is 1. The quantitative estimate of drug-likeness (QED) is 0.699. The minimum atomic E-state index is -0.228. The highest BCUT2D eigenvalue weighted by Gasteiger charge is 2.25. The Morgan fingerprint density at radius 1 is 1.20 bits per heavy atom. The Labute approximate surface area is 150 Å². The molecule has 0 bridgehead atoms. The zero-order chi connectivity index (χ0) is 17.9. The summed E-state index contributed by atoms with van der Waals surface area (Å²) >= 11 is 1.37. The average Bonchev–Trinajstić information content (AvgIpc) is 3.22. The smallest absolute Gasteiger partial charge is 0.234 e. The van der Waals surface area contributed by atoms with Crippen LogP contribution in [0.4, 0.5) is 5.69 Å². The summed E-state index contributed by atoms with van der Waals surface area (Å²) in [5.74, 6) is 0.908. The van der Waals surface area contributed by atoms with Gasteiger partial charge in [0, 0.05) is 11.2 Å². The highest BCUT2D eigenvalue weighted by atomic mass is 32.2. The normalized spacial score (nSPS) is 11.5. The van der Waals surface area contributed by atoms with Crippen LogP contribution in [0.3, 0.4) is 0 Å². The lowest BCUT2D eigenvalue weighted by atomic mass is 10.1. The largest absolute Gasteiger partial charge is 0.472 e. The number of furan rings is 1. The fourth-order valence-corrected chi connectivity index (χ4v) is 3.32. The van der Waals surface area contributed by atoms with Crippen molar-refractivity contribution in [2.45, 2.75) is 31.5 Å². The fourth-order valence-electron chi connectivity index (χ4n) is 2.40. The van der Waals surface area contributed by atoms with Crippen LogP contribution < -0.4 is 5.32 Å². The zero-order valence-corrected chi connectivity index (χ0v) is 15.2. The molecule has 0 spiro atoms. The van der Waals surface area contributed by atoms with Crippen molar-refractivity contribution >= 4 is 23.4 Å². The van der Waals surface area contributed by atoms with Gasteiger partial charge < -0.3 is 9.73 Å². The Morgan fingerprint density at radius 2 is 1.96 bits per heavy atom. The van der Waals surface area contributed by atoms with Gasteiger partial charge in [0.15, 0.2) is 11.0 Å². The third-order valence-electron chi connectivity index (χ3n) is 3.47. The number of nitrogens with zero attached hydrogens (tertiary/aromatic N) is 3. The number of thioether (sulfide) groups is 1. The van der Waals surface area contributed by atoms with Gasteiger partial charge in [-0.05, 0) is 39.0 Å². The molecule has 1 aromatic carbocycles. The van der Waals surface area contributed by atoms with Gasteiger partial charge in [0.05, 0.1) is 17.6 Å². The van der Waals surface area contributed by atoms with Crippen molar-refractivity contribution in [3.63, 3.8) is 0 Å². The maximum atomic E-state index is 12.2. The molecule has 0 fully saturated rings. The van der Waals surface area contributed by atoms with E-state index in [1.165, 1.54) is 11.8 Å². The van der Waals surface area contributed by atoms with E-state index >= 15 is 0 Å². The molecule has 0 aliphatic carbocycles. The molecule has 0 aliphatic rings. The van der Waals surface area contributed by atoms with Crippen LogP contribution in [-0.4, -0.2) is 26.4 Å². The first-order chi connectivity index (χ1) is 11.9. The molecule has 3 aromatic rings. The van der Waals surface area contributed by atoms with Crippen molar-refractivity contribution < 1.29 is 9.21 Å². The lowest BCUT2D eigenvalue weighted by Crippen LogP contribution is -2.24. The molecule has 0 aliphatic heterocycles. The number of nitrogens with one attached hydrogen (secondary N) is 1. The van der Waals surface area contributed by atoms with Crippen molar-refractivity contribution in [2.24, 2.45) is 0 Å². The van der Waals surface area contributed by atoms with Crippen molar-refractivity contribution in [3.8, 4) is 11.4 Å². The third-order valence-corrected chi connectivity index (χ3v) is 4.40. The fraction of sp³-hybridized carbons (Fsp3) is 0.278. The van der Waals surface area contributed by atoms with Crippen LogP contribution in [0.1, 0.15) is 20.8 Å². The van der Waals surface area contributed by atoms with Crippen molar-refractivity contribution in [3.05, 3.63) is 48.9 Å². The standard InChI is InChI=1S/C18H20N4O2S/c1-18(2,3)22-16(13-9-10-24-11-13)20-21-17(22)25-12-15(23)19-14-7-5-4-6-8-14/h4-11H,12H2,1-3H3,(H,19,23). The maximum absolute atomic E-state index is 12.2. The van der Waals surface area contributed by atoms with Crippen LogP contribution in [0.25, 0.3) is 11.4 Å². The molecule has 25 heavy (non-hydrogen) atoms. The second kappa shape index (κ2) is 7.14. The van der Waals surface area contributed by atoms with E-state index in [1.807, 2.05) is 41.0 Å². The maximum Gasteiger partial charge on any atom is 0.234 e. The van der Waals surface area contributed by atoms with Crippen LogP contribution in [0, 0.1) is 0 Å². The zero-order valence-electron chi connectivity index (χ0n) is 14.4. The van der Waals surface area contributed by atoms with E-state index < -0.39 is 0 Å². The highest BCUT2D eigenvalue weighted by molar-refractivity contribution is 7.99. The third kappa shape index (κ3) is 4.11. The summed E-state index contributed by atoms with van der Waals surface area (Å²) < 4.78 is 7.18. The number of amides is 1. The molecule has 1 N–H and O–H groups in total. The number of para-hydroxylation sites is 1. The summed E-state index contributed by atoms with van der Waals surface area (Å²) in [5, 5.41) is 12.1. The van der Waals surface area contributed by atoms with Crippen LogP contribution in [-0.2, 0) is 10.3 Å². The number of aromatic nitrogens is 3. The van der Waals surface area contributed by atoms with Crippen LogP contribution >= 0.6 is 11.8 Å². The van der Waals surface area contributed by atoms with E-state index in [-0.39, 0.29) is 17.2 Å². The average molecular weight is 356 g/mol. The van der Waals surface area contributed by atoms with E-state index in [0.29, 0.717) is 5.16 Å². The van der Waals surface area contributed by atoms with Gasteiger partial charge in [-0.2, -0.15) is 0 Å². The van der Waals surface area contributed by atoms with E-state index in [9.17, 15) is 4.79 Å². The van der Waals surface area contributed by atoms with E-state index in [2.05, 4.69) is 36.3 Å². The van der Waals surface area contributed by atoms with Crippen molar-refractivity contribution in [1.29, 1.82) is 0 Å². The number of hydrogen-bond acceptors (Lipinski definition) is 5. The summed E-state index contributed by atoms with van der Waals surface area (Å²) in [6.45, 7) is 6.23. The molecule has 0 atom stereocenters. The van der Waals surface area contributed by atoms with Gasteiger partial charge in [0.2, 0.25) is 5.91 Å². The van der Waals surface area contributed by atoms with Gasteiger partial charge in [-0.25, -0.2) is 0 Å². The second-order valence-corrected chi connectivity index (χ2v) is 7.47. The minimum absolute atomic E-state index is 0.0791. The number of rotatable bonds is 5. The Balaban J connectivity index is 1.75. The minimum Gasteiger partial charge on any atom is -0.472 e. The SMILES string of the molecule is CC(C)(C)n1c(SCC(=O)Nc2ccccc2)nnc1-c1ccoc1. The molecule has 0 saturated heterocycles. The number of carbonyl (C=O) groups excluding carboxylic acids is 1. The van der Waals surface area contributed by atoms with Crippen LogP contribution in [0.15, 0.2) is 58.5 Å². The predicted molar refractivity (Wildman–Crippen MR) is 98.5 cm³/mol. The Kier molecular flexibility index (Phi) is 4.94. The van der Waals surface area contributed by atoms with Gasteiger partial charge >= 0.3 is 0 Å². The van der Waals surface area contributed by atoms with Crippen molar-refractivity contribution in [2.75, 3.05) is 11.1 Å². The monoisotopic (exact) mass is 356 g/mol. The molecule has 7 heteroatoms. The van der Waals surface area contributed by atoms with Gasteiger partial charge in [0.1, 0.15) is 6.26 Å². The number of benzene rings is 1. The first-order valence-electron chi connectivity index (χ1n) is 7.91. The summed E-state index contributed by atoms with van der Waals surface area (Å²) in [7, 11) is 0. The first-order valence-corrected chi connectivity index (χ1v) is 8.90.